The Kier molecular flexibility index (Phi) is 4.49. The molecule has 2 rings (SSSR count). The highest BCUT2D eigenvalue weighted by Gasteiger charge is 2.00. The van der Waals surface area contributed by atoms with Gasteiger partial charge in [0.1, 0.15) is 36.2 Å². The summed E-state index contributed by atoms with van der Waals surface area (Å²) in [5, 5.41) is 0.645. The molecule has 0 aliphatic rings. The van der Waals surface area contributed by atoms with Crippen molar-refractivity contribution >= 4 is 23.2 Å². The number of hydrogen-bond acceptors (Lipinski definition) is 6. The molecule has 0 aromatic carbocycles. The zero-order chi connectivity index (χ0) is 12.8. The highest BCUT2D eigenvalue weighted by atomic mass is 35.5. The lowest BCUT2D eigenvalue weighted by Gasteiger charge is -2.06. The second-order valence-corrected chi connectivity index (χ2v) is 3.83. The molecule has 0 bridgehead atoms. The van der Waals surface area contributed by atoms with Crippen molar-refractivity contribution in [3.05, 3.63) is 35.1 Å². The molecule has 0 spiro atoms. The number of aromatic nitrogens is 4. The SMILES string of the molecule is Clc1cc(OCCOc2cc(Cl)ncn2)ncn1. The van der Waals surface area contributed by atoms with Crippen LogP contribution in [0.25, 0.3) is 0 Å². The van der Waals surface area contributed by atoms with E-state index < -0.39 is 0 Å². The highest BCUT2D eigenvalue weighted by molar-refractivity contribution is 6.29. The molecular weight excluding hydrogens is 279 g/mol. The van der Waals surface area contributed by atoms with E-state index in [1.807, 2.05) is 0 Å². The summed E-state index contributed by atoms with van der Waals surface area (Å²) in [6, 6.07) is 3.03. The maximum atomic E-state index is 5.68. The molecule has 0 N–H and O–H groups in total. The third-order valence-electron chi connectivity index (χ3n) is 1.80. The summed E-state index contributed by atoms with van der Waals surface area (Å²) in [5.41, 5.74) is 0. The molecule has 0 saturated carbocycles. The van der Waals surface area contributed by atoms with Crippen molar-refractivity contribution in [2.75, 3.05) is 13.2 Å². The van der Waals surface area contributed by atoms with Gasteiger partial charge < -0.3 is 9.47 Å². The molecule has 18 heavy (non-hydrogen) atoms. The van der Waals surface area contributed by atoms with Gasteiger partial charge in [0, 0.05) is 12.1 Å². The zero-order valence-electron chi connectivity index (χ0n) is 9.08. The Morgan fingerprint density at radius 3 is 1.61 bits per heavy atom. The average Bonchev–Trinajstić information content (AvgIpc) is 2.35. The Morgan fingerprint density at radius 1 is 0.778 bits per heavy atom. The molecule has 0 fully saturated rings. The molecule has 0 radical (unpaired) electrons. The van der Waals surface area contributed by atoms with Crippen molar-refractivity contribution in [3.63, 3.8) is 0 Å². The summed E-state index contributed by atoms with van der Waals surface area (Å²) in [5.74, 6) is 0.777. The molecule has 0 amide bonds. The number of nitrogens with zero attached hydrogens (tertiary/aromatic N) is 4. The number of ether oxygens (including phenoxy) is 2. The van der Waals surface area contributed by atoms with Crippen molar-refractivity contribution in [1.29, 1.82) is 0 Å². The molecule has 2 aromatic heterocycles. The van der Waals surface area contributed by atoms with Gasteiger partial charge in [-0.3, -0.25) is 0 Å². The molecular formula is C10H8Cl2N4O2. The van der Waals surface area contributed by atoms with E-state index >= 15 is 0 Å². The summed E-state index contributed by atoms with van der Waals surface area (Å²) in [6.07, 6.45) is 2.64. The van der Waals surface area contributed by atoms with E-state index in [1.54, 1.807) is 0 Å². The van der Waals surface area contributed by atoms with Crippen LogP contribution in [0.15, 0.2) is 24.8 Å². The summed E-state index contributed by atoms with van der Waals surface area (Å²) in [6.45, 7) is 0.601. The third kappa shape index (κ3) is 3.97. The topological polar surface area (TPSA) is 70.0 Å². The minimum absolute atomic E-state index is 0.301. The monoisotopic (exact) mass is 286 g/mol. The molecule has 0 aliphatic carbocycles. The lowest BCUT2D eigenvalue weighted by atomic mass is 10.6. The first-order valence-electron chi connectivity index (χ1n) is 4.95. The molecule has 6 nitrogen and oxygen atoms in total. The van der Waals surface area contributed by atoms with E-state index in [0.29, 0.717) is 35.3 Å². The van der Waals surface area contributed by atoms with E-state index in [-0.39, 0.29) is 0 Å². The van der Waals surface area contributed by atoms with Gasteiger partial charge in [-0.1, -0.05) is 23.2 Å². The van der Waals surface area contributed by atoms with Gasteiger partial charge in [-0.25, -0.2) is 19.9 Å². The Morgan fingerprint density at radius 2 is 1.22 bits per heavy atom. The van der Waals surface area contributed by atoms with Crippen LogP contribution >= 0.6 is 23.2 Å². The van der Waals surface area contributed by atoms with Crippen LogP contribution in [0.1, 0.15) is 0 Å². The van der Waals surface area contributed by atoms with Crippen LogP contribution in [-0.4, -0.2) is 33.1 Å². The average molecular weight is 287 g/mol. The Balaban J connectivity index is 1.76. The fraction of sp³-hybridized carbons (Fsp3) is 0.200. The quantitative estimate of drug-likeness (QED) is 0.619. The normalized spacial score (nSPS) is 10.1. The van der Waals surface area contributed by atoms with Crippen molar-refractivity contribution in [2.45, 2.75) is 0 Å². The first-order valence-corrected chi connectivity index (χ1v) is 5.70. The van der Waals surface area contributed by atoms with Crippen LogP contribution < -0.4 is 9.47 Å². The van der Waals surface area contributed by atoms with Gasteiger partial charge in [-0.2, -0.15) is 0 Å². The second-order valence-electron chi connectivity index (χ2n) is 3.05. The van der Waals surface area contributed by atoms with Crippen molar-refractivity contribution in [3.8, 4) is 11.8 Å². The Hall–Kier alpha value is -1.66. The Labute approximate surface area is 113 Å². The molecule has 0 saturated heterocycles. The lowest BCUT2D eigenvalue weighted by molar-refractivity contribution is 0.206. The predicted octanol–water partition coefficient (Wildman–Crippen LogP) is 2.03. The van der Waals surface area contributed by atoms with E-state index in [1.165, 1.54) is 24.8 Å². The van der Waals surface area contributed by atoms with Crippen LogP contribution in [0.5, 0.6) is 11.8 Å². The van der Waals surface area contributed by atoms with Crippen LogP contribution in [-0.2, 0) is 0 Å². The molecule has 0 aliphatic heterocycles. The standard InChI is InChI=1S/C10H8Cl2N4O2/c11-7-3-9(15-5-13-7)17-1-2-18-10-4-8(12)14-6-16-10/h3-6H,1-2H2. The van der Waals surface area contributed by atoms with Crippen molar-refractivity contribution in [2.24, 2.45) is 0 Å². The van der Waals surface area contributed by atoms with Gasteiger partial charge in [0.25, 0.3) is 0 Å². The number of hydrogen-bond donors (Lipinski definition) is 0. The fourth-order valence-corrected chi connectivity index (χ4v) is 1.36. The summed E-state index contributed by atoms with van der Waals surface area (Å²) >= 11 is 11.4. The van der Waals surface area contributed by atoms with Crippen molar-refractivity contribution < 1.29 is 9.47 Å². The molecule has 0 unspecified atom stereocenters. The molecule has 8 heteroatoms. The van der Waals surface area contributed by atoms with E-state index in [4.69, 9.17) is 32.7 Å². The maximum Gasteiger partial charge on any atom is 0.217 e. The lowest BCUT2D eigenvalue weighted by Crippen LogP contribution is -2.10. The first kappa shape index (κ1) is 12.8. The summed E-state index contributed by atoms with van der Waals surface area (Å²) in [7, 11) is 0. The molecule has 2 aromatic rings. The van der Waals surface area contributed by atoms with Crippen molar-refractivity contribution in [1.82, 2.24) is 19.9 Å². The summed E-state index contributed by atoms with van der Waals surface area (Å²) in [4.78, 5) is 15.2. The van der Waals surface area contributed by atoms with Gasteiger partial charge in [0.2, 0.25) is 11.8 Å². The maximum absolute atomic E-state index is 5.68. The fourth-order valence-electron chi connectivity index (χ4n) is 1.09. The summed E-state index contributed by atoms with van der Waals surface area (Å²) < 4.78 is 10.6. The largest absolute Gasteiger partial charge is 0.474 e. The van der Waals surface area contributed by atoms with Gasteiger partial charge in [0.15, 0.2) is 0 Å². The smallest absolute Gasteiger partial charge is 0.217 e. The van der Waals surface area contributed by atoms with E-state index in [0.717, 1.165) is 0 Å². The van der Waals surface area contributed by atoms with Crippen LogP contribution in [0.4, 0.5) is 0 Å². The van der Waals surface area contributed by atoms with E-state index in [2.05, 4.69) is 19.9 Å². The first-order chi connectivity index (χ1) is 8.74. The Bertz CT molecular complexity index is 479. The molecule has 2 heterocycles. The number of rotatable bonds is 5. The minimum atomic E-state index is 0.301. The van der Waals surface area contributed by atoms with Gasteiger partial charge in [-0.15, -0.1) is 0 Å². The van der Waals surface area contributed by atoms with Crippen LogP contribution in [0, 0.1) is 0 Å². The van der Waals surface area contributed by atoms with Crippen LogP contribution in [0.2, 0.25) is 10.3 Å². The minimum Gasteiger partial charge on any atom is -0.474 e. The van der Waals surface area contributed by atoms with Gasteiger partial charge >= 0.3 is 0 Å². The molecule has 94 valence electrons. The number of halogens is 2. The third-order valence-corrected chi connectivity index (χ3v) is 2.21. The van der Waals surface area contributed by atoms with Gasteiger partial charge in [0.05, 0.1) is 0 Å². The molecule has 0 atom stereocenters. The predicted molar refractivity (Wildman–Crippen MR) is 65.1 cm³/mol. The van der Waals surface area contributed by atoms with E-state index in [9.17, 15) is 0 Å². The highest BCUT2D eigenvalue weighted by Crippen LogP contribution is 2.12. The van der Waals surface area contributed by atoms with Gasteiger partial charge in [-0.05, 0) is 0 Å². The second kappa shape index (κ2) is 6.32. The van der Waals surface area contributed by atoms with Crippen LogP contribution in [0.3, 0.4) is 0 Å². The zero-order valence-corrected chi connectivity index (χ0v) is 10.6.